The summed E-state index contributed by atoms with van der Waals surface area (Å²) < 4.78 is 0. The highest BCUT2D eigenvalue weighted by Gasteiger charge is 2.26. The molecule has 4 heteroatoms. The first-order valence-electron chi connectivity index (χ1n) is 5.95. The molecule has 0 aliphatic carbocycles. The van der Waals surface area contributed by atoms with Gasteiger partial charge in [-0.3, -0.25) is 4.79 Å². The van der Waals surface area contributed by atoms with Crippen molar-refractivity contribution in [1.29, 1.82) is 0 Å². The van der Waals surface area contributed by atoms with E-state index in [0.29, 0.717) is 6.04 Å². The molecule has 0 bridgehead atoms. The third-order valence-electron chi connectivity index (χ3n) is 3.41. The van der Waals surface area contributed by atoms with Gasteiger partial charge in [-0.25, -0.2) is 0 Å². The van der Waals surface area contributed by atoms with E-state index in [1.807, 2.05) is 0 Å². The molecule has 2 rings (SSSR count). The number of hydrogen-bond acceptors (Lipinski definition) is 3. The lowest BCUT2D eigenvalue weighted by Crippen LogP contribution is -2.45. The van der Waals surface area contributed by atoms with E-state index in [4.69, 9.17) is 0 Å². The maximum absolute atomic E-state index is 11.9. The van der Waals surface area contributed by atoms with Crippen molar-refractivity contribution in [2.75, 3.05) is 33.2 Å². The Hall–Kier alpha value is -0.610. The molecule has 1 unspecified atom stereocenters. The molecule has 0 aromatic rings. The van der Waals surface area contributed by atoms with Crippen LogP contribution in [0.15, 0.2) is 0 Å². The van der Waals surface area contributed by atoms with Gasteiger partial charge in [-0.05, 0) is 39.4 Å². The van der Waals surface area contributed by atoms with Gasteiger partial charge in [0.05, 0.1) is 5.92 Å². The average molecular weight is 211 g/mol. The van der Waals surface area contributed by atoms with Crippen molar-refractivity contribution in [1.82, 2.24) is 15.5 Å². The number of carbonyl (C=O) groups excluding carboxylic acids is 1. The maximum Gasteiger partial charge on any atom is 0.224 e. The second-order valence-corrected chi connectivity index (χ2v) is 4.80. The number of nitrogens with one attached hydrogen (secondary N) is 2. The summed E-state index contributed by atoms with van der Waals surface area (Å²) in [5.74, 6) is 0.451. The SMILES string of the molecule is CN1CCC(NC(=O)[C@@H]2CCCNC2)C1. The topological polar surface area (TPSA) is 44.4 Å². The predicted molar refractivity (Wildman–Crippen MR) is 59.6 cm³/mol. The Kier molecular flexibility index (Phi) is 3.59. The Morgan fingerprint density at radius 1 is 1.47 bits per heavy atom. The zero-order valence-electron chi connectivity index (χ0n) is 9.46. The molecule has 2 aliphatic heterocycles. The second kappa shape index (κ2) is 4.94. The fourth-order valence-corrected chi connectivity index (χ4v) is 2.45. The number of likely N-dealkylation sites (N-methyl/N-ethyl adjacent to an activating group) is 1. The molecule has 1 amide bonds. The van der Waals surface area contributed by atoms with Crippen LogP contribution >= 0.6 is 0 Å². The normalized spacial score (nSPS) is 32.9. The number of carbonyl (C=O) groups is 1. The summed E-state index contributed by atoms with van der Waals surface area (Å²) >= 11 is 0. The number of piperidine rings is 1. The van der Waals surface area contributed by atoms with Gasteiger partial charge in [-0.15, -0.1) is 0 Å². The van der Waals surface area contributed by atoms with Gasteiger partial charge in [0.1, 0.15) is 0 Å². The van der Waals surface area contributed by atoms with Crippen LogP contribution in [-0.4, -0.2) is 50.1 Å². The van der Waals surface area contributed by atoms with Gasteiger partial charge in [0.2, 0.25) is 5.91 Å². The second-order valence-electron chi connectivity index (χ2n) is 4.80. The standard InChI is InChI=1S/C11H21N3O/c1-14-6-4-10(8-14)13-11(15)9-3-2-5-12-7-9/h9-10,12H,2-8H2,1H3,(H,13,15)/t9-,10?/m1/s1. The van der Waals surface area contributed by atoms with E-state index in [-0.39, 0.29) is 11.8 Å². The summed E-state index contributed by atoms with van der Waals surface area (Å²) in [5, 5.41) is 6.44. The van der Waals surface area contributed by atoms with Crippen LogP contribution in [0.4, 0.5) is 0 Å². The van der Waals surface area contributed by atoms with E-state index in [1.165, 1.54) is 0 Å². The summed E-state index contributed by atoms with van der Waals surface area (Å²) in [6, 6.07) is 0.379. The first-order valence-corrected chi connectivity index (χ1v) is 5.95. The molecule has 2 aliphatic rings. The fourth-order valence-electron chi connectivity index (χ4n) is 2.45. The lowest BCUT2D eigenvalue weighted by atomic mass is 9.98. The van der Waals surface area contributed by atoms with Crippen LogP contribution in [0.1, 0.15) is 19.3 Å². The van der Waals surface area contributed by atoms with Crippen molar-refractivity contribution < 1.29 is 4.79 Å². The van der Waals surface area contributed by atoms with Crippen LogP contribution < -0.4 is 10.6 Å². The Morgan fingerprint density at radius 2 is 2.33 bits per heavy atom. The van der Waals surface area contributed by atoms with Crippen molar-refractivity contribution in [3.63, 3.8) is 0 Å². The van der Waals surface area contributed by atoms with Crippen molar-refractivity contribution >= 4 is 5.91 Å². The van der Waals surface area contributed by atoms with Crippen molar-refractivity contribution in [3.05, 3.63) is 0 Å². The molecule has 0 radical (unpaired) electrons. The summed E-state index contributed by atoms with van der Waals surface area (Å²) in [6.45, 7) is 4.03. The van der Waals surface area contributed by atoms with E-state index >= 15 is 0 Å². The first kappa shape index (κ1) is 10.9. The smallest absolute Gasteiger partial charge is 0.224 e. The van der Waals surface area contributed by atoms with Gasteiger partial charge in [0.15, 0.2) is 0 Å². The highest BCUT2D eigenvalue weighted by molar-refractivity contribution is 5.79. The van der Waals surface area contributed by atoms with Crippen molar-refractivity contribution in [2.45, 2.75) is 25.3 Å². The Bertz CT molecular complexity index is 226. The van der Waals surface area contributed by atoms with Gasteiger partial charge < -0.3 is 15.5 Å². The lowest BCUT2D eigenvalue weighted by Gasteiger charge is -2.23. The molecule has 2 heterocycles. The van der Waals surface area contributed by atoms with Crippen LogP contribution in [0.25, 0.3) is 0 Å². The summed E-state index contributed by atoms with van der Waals surface area (Å²) in [6.07, 6.45) is 3.27. The maximum atomic E-state index is 11.9. The predicted octanol–water partition coefficient (Wildman–Crippen LogP) is -0.194. The third-order valence-corrected chi connectivity index (χ3v) is 3.41. The summed E-state index contributed by atoms with van der Waals surface area (Å²) in [5.41, 5.74) is 0. The van der Waals surface area contributed by atoms with E-state index in [2.05, 4.69) is 22.6 Å². The zero-order chi connectivity index (χ0) is 10.7. The van der Waals surface area contributed by atoms with Crippen LogP contribution in [0, 0.1) is 5.92 Å². The minimum Gasteiger partial charge on any atom is -0.352 e. The Morgan fingerprint density at radius 3 is 2.93 bits per heavy atom. The van der Waals surface area contributed by atoms with Gasteiger partial charge in [-0.2, -0.15) is 0 Å². The van der Waals surface area contributed by atoms with Gasteiger partial charge in [0, 0.05) is 19.1 Å². The molecule has 0 aromatic carbocycles. The number of likely N-dealkylation sites (tertiary alicyclic amines) is 1. The van der Waals surface area contributed by atoms with E-state index in [1.54, 1.807) is 0 Å². The minimum atomic E-state index is 0.199. The molecule has 86 valence electrons. The summed E-state index contributed by atoms with van der Waals surface area (Å²) in [7, 11) is 2.11. The number of amides is 1. The van der Waals surface area contributed by atoms with E-state index in [9.17, 15) is 4.79 Å². The largest absolute Gasteiger partial charge is 0.352 e. The van der Waals surface area contributed by atoms with E-state index < -0.39 is 0 Å². The van der Waals surface area contributed by atoms with Gasteiger partial charge in [0.25, 0.3) is 0 Å². The molecule has 15 heavy (non-hydrogen) atoms. The minimum absolute atomic E-state index is 0.199. The molecule has 2 atom stereocenters. The molecule has 2 saturated heterocycles. The highest BCUT2D eigenvalue weighted by atomic mass is 16.2. The van der Waals surface area contributed by atoms with Crippen LogP contribution in [-0.2, 0) is 4.79 Å². The fraction of sp³-hybridized carbons (Fsp3) is 0.909. The third kappa shape index (κ3) is 2.92. The number of nitrogens with zero attached hydrogens (tertiary/aromatic N) is 1. The molecule has 0 spiro atoms. The quantitative estimate of drug-likeness (QED) is 0.665. The van der Waals surface area contributed by atoms with Crippen molar-refractivity contribution in [2.24, 2.45) is 5.92 Å². The Balaban J connectivity index is 1.76. The number of hydrogen-bond donors (Lipinski definition) is 2. The molecule has 2 fully saturated rings. The average Bonchev–Trinajstić information content (AvgIpc) is 2.65. The van der Waals surface area contributed by atoms with E-state index in [0.717, 1.165) is 45.4 Å². The molecular formula is C11H21N3O. The van der Waals surface area contributed by atoms with Gasteiger partial charge in [-0.1, -0.05) is 0 Å². The first-order chi connectivity index (χ1) is 7.25. The molecule has 4 nitrogen and oxygen atoms in total. The van der Waals surface area contributed by atoms with Crippen LogP contribution in [0.3, 0.4) is 0 Å². The lowest BCUT2D eigenvalue weighted by molar-refractivity contribution is -0.126. The molecule has 0 saturated carbocycles. The monoisotopic (exact) mass is 211 g/mol. The zero-order valence-corrected chi connectivity index (χ0v) is 9.46. The van der Waals surface area contributed by atoms with Crippen LogP contribution in [0.5, 0.6) is 0 Å². The molecule has 0 aromatic heterocycles. The molecular weight excluding hydrogens is 190 g/mol. The highest BCUT2D eigenvalue weighted by Crippen LogP contribution is 2.12. The Labute approximate surface area is 91.4 Å². The molecule has 2 N–H and O–H groups in total. The van der Waals surface area contributed by atoms with Crippen molar-refractivity contribution in [3.8, 4) is 0 Å². The van der Waals surface area contributed by atoms with Crippen LogP contribution in [0.2, 0.25) is 0 Å². The summed E-state index contributed by atoms with van der Waals surface area (Å²) in [4.78, 5) is 14.2. The van der Waals surface area contributed by atoms with Gasteiger partial charge >= 0.3 is 0 Å². The number of rotatable bonds is 2.